The van der Waals surface area contributed by atoms with Crippen LogP contribution in [0.2, 0.25) is 0 Å². The first kappa shape index (κ1) is 16.5. The molecule has 0 bridgehead atoms. The van der Waals surface area contributed by atoms with Crippen molar-refractivity contribution in [3.63, 3.8) is 0 Å². The third kappa shape index (κ3) is 3.28. The molecule has 0 aromatic heterocycles. The maximum Gasteiger partial charge on any atom is 0.231 e. The van der Waals surface area contributed by atoms with Gasteiger partial charge in [-0.25, -0.2) is 12.7 Å². The van der Waals surface area contributed by atoms with E-state index >= 15 is 0 Å². The lowest BCUT2D eigenvalue weighted by atomic mass is 9.95. The fourth-order valence-electron chi connectivity index (χ4n) is 3.56. The minimum Gasteiger partial charge on any atom is -0.312 e. The quantitative estimate of drug-likeness (QED) is 0.848. The molecule has 0 aliphatic carbocycles. The lowest BCUT2D eigenvalue weighted by Crippen LogP contribution is -2.48. The number of aryl methyl sites for hydroxylation is 1. The first-order valence-electron chi connectivity index (χ1n) is 8.40. The Balaban J connectivity index is 1.79. The van der Waals surface area contributed by atoms with Gasteiger partial charge in [-0.15, -0.1) is 0 Å². The smallest absolute Gasteiger partial charge is 0.231 e. The lowest BCUT2D eigenvalue weighted by molar-refractivity contribution is -0.123. The molecule has 0 spiro atoms. The zero-order chi connectivity index (χ0) is 16.4. The molecular formula is C17H24N2O3S. The van der Waals surface area contributed by atoms with Crippen molar-refractivity contribution in [3.8, 4) is 0 Å². The number of hydrogen-bond donors (Lipinski definition) is 0. The van der Waals surface area contributed by atoms with E-state index in [-0.39, 0.29) is 17.6 Å². The highest BCUT2D eigenvalue weighted by Crippen LogP contribution is 2.30. The Hall–Kier alpha value is -1.40. The van der Waals surface area contributed by atoms with Gasteiger partial charge in [0, 0.05) is 25.3 Å². The van der Waals surface area contributed by atoms with Crippen LogP contribution in [0, 0.1) is 5.92 Å². The third-order valence-corrected chi connectivity index (χ3v) is 6.72. The van der Waals surface area contributed by atoms with E-state index in [1.165, 1.54) is 9.87 Å². The Kier molecular flexibility index (Phi) is 4.73. The second-order valence-electron chi connectivity index (χ2n) is 6.32. The number of piperidine rings is 1. The molecule has 23 heavy (non-hydrogen) atoms. The van der Waals surface area contributed by atoms with Crippen molar-refractivity contribution in [1.29, 1.82) is 0 Å². The number of carbonyl (C=O) groups excluding carboxylic acids is 1. The molecule has 5 nitrogen and oxygen atoms in total. The van der Waals surface area contributed by atoms with E-state index in [4.69, 9.17) is 0 Å². The Morgan fingerprint density at radius 1 is 1.22 bits per heavy atom. The average molecular weight is 336 g/mol. The highest BCUT2D eigenvalue weighted by atomic mass is 32.2. The molecule has 0 unspecified atom stereocenters. The van der Waals surface area contributed by atoms with Gasteiger partial charge < -0.3 is 4.90 Å². The molecule has 2 aliphatic rings. The molecule has 0 N–H and O–H groups in total. The second-order valence-corrected chi connectivity index (χ2v) is 8.58. The molecule has 1 fully saturated rings. The molecule has 1 aromatic rings. The van der Waals surface area contributed by atoms with Crippen molar-refractivity contribution in [2.75, 3.05) is 30.3 Å². The minimum absolute atomic E-state index is 0.0770. The number of carbonyl (C=O) groups is 1. The molecular weight excluding hydrogens is 312 g/mol. The fraction of sp³-hybridized carbons (Fsp3) is 0.588. The SMILES string of the molecule is CCS(=O)(=O)N1CCC[C@H](C(=O)N2CCCc3ccccc32)C1. The first-order chi connectivity index (χ1) is 11.0. The molecule has 126 valence electrons. The molecule has 0 saturated carbocycles. The van der Waals surface area contributed by atoms with E-state index < -0.39 is 10.0 Å². The maximum absolute atomic E-state index is 13.0. The number of hydrogen-bond acceptors (Lipinski definition) is 3. The summed E-state index contributed by atoms with van der Waals surface area (Å²) >= 11 is 0. The van der Waals surface area contributed by atoms with Gasteiger partial charge in [0.15, 0.2) is 0 Å². The van der Waals surface area contributed by atoms with Crippen molar-refractivity contribution < 1.29 is 13.2 Å². The summed E-state index contributed by atoms with van der Waals surface area (Å²) in [5.41, 5.74) is 2.21. The molecule has 1 aromatic carbocycles. The standard InChI is InChI=1S/C17H24N2O3S/c1-2-23(21,22)18-11-5-9-15(13-18)17(20)19-12-6-8-14-7-3-4-10-16(14)19/h3-4,7,10,15H,2,5-6,8-9,11-13H2,1H3/t15-/m0/s1. The Bertz CT molecular complexity index is 687. The summed E-state index contributed by atoms with van der Waals surface area (Å²) in [6, 6.07) is 8.03. The van der Waals surface area contributed by atoms with Gasteiger partial charge in [0.1, 0.15) is 0 Å². The van der Waals surface area contributed by atoms with Gasteiger partial charge in [0.05, 0.1) is 11.7 Å². The van der Waals surface area contributed by atoms with Crippen LogP contribution in [0.25, 0.3) is 0 Å². The van der Waals surface area contributed by atoms with Crippen molar-refractivity contribution in [3.05, 3.63) is 29.8 Å². The van der Waals surface area contributed by atoms with E-state index in [1.807, 2.05) is 23.1 Å². The van der Waals surface area contributed by atoms with Crippen LogP contribution in [0.1, 0.15) is 31.7 Å². The number of benzene rings is 1. The number of amides is 1. The number of nitrogens with zero attached hydrogens (tertiary/aromatic N) is 2. The van der Waals surface area contributed by atoms with E-state index in [0.29, 0.717) is 13.1 Å². The van der Waals surface area contributed by atoms with Crippen molar-refractivity contribution in [2.24, 2.45) is 5.92 Å². The van der Waals surface area contributed by atoms with Crippen molar-refractivity contribution in [1.82, 2.24) is 4.31 Å². The van der Waals surface area contributed by atoms with Crippen LogP contribution in [0.3, 0.4) is 0 Å². The normalized spacial score (nSPS) is 22.7. The Morgan fingerprint density at radius 3 is 2.78 bits per heavy atom. The molecule has 2 heterocycles. The van der Waals surface area contributed by atoms with Crippen LogP contribution in [0.4, 0.5) is 5.69 Å². The van der Waals surface area contributed by atoms with Gasteiger partial charge in [-0.2, -0.15) is 0 Å². The number of rotatable bonds is 3. The molecule has 2 aliphatic heterocycles. The van der Waals surface area contributed by atoms with Gasteiger partial charge in [-0.05, 0) is 44.2 Å². The van der Waals surface area contributed by atoms with Gasteiger partial charge >= 0.3 is 0 Å². The number of anilines is 1. The highest BCUT2D eigenvalue weighted by Gasteiger charge is 2.35. The minimum atomic E-state index is -3.22. The second kappa shape index (κ2) is 6.61. The summed E-state index contributed by atoms with van der Waals surface area (Å²) in [6.07, 6.45) is 3.49. The maximum atomic E-state index is 13.0. The Morgan fingerprint density at radius 2 is 2.00 bits per heavy atom. The average Bonchev–Trinajstić information content (AvgIpc) is 2.60. The van der Waals surface area contributed by atoms with Gasteiger partial charge in [-0.3, -0.25) is 4.79 Å². The number of para-hydroxylation sites is 1. The van der Waals surface area contributed by atoms with Crippen LogP contribution in [-0.4, -0.2) is 44.0 Å². The predicted molar refractivity (Wildman–Crippen MR) is 90.9 cm³/mol. The van der Waals surface area contributed by atoms with Gasteiger partial charge in [0.2, 0.25) is 15.9 Å². The lowest BCUT2D eigenvalue weighted by Gasteiger charge is -2.36. The highest BCUT2D eigenvalue weighted by molar-refractivity contribution is 7.89. The Labute approximate surface area is 138 Å². The number of fused-ring (bicyclic) bond motifs is 1. The van der Waals surface area contributed by atoms with Crippen LogP contribution in [-0.2, 0) is 21.2 Å². The summed E-state index contributed by atoms with van der Waals surface area (Å²) in [5, 5.41) is 0. The van der Waals surface area contributed by atoms with Gasteiger partial charge in [0.25, 0.3) is 0 Å². The van der Waals surface area contributed by atoms with Crippen molar-refractivity contribution >= 4 is 21.6 Å². The van der Waals surface area contributed by atoms with Crippen LogP contribution < -0.4 is 4.90 Å². The summed E-state index contributed by atoms with van der Waals surface area (Å²) in [5.74, 6) is -0.0510. The van der Waals surface area contributed by atoms with E-state index in [2.05, 4.69) is 6.07 Å². The third-order valence-electron chi connectivity index (χ3n) is 4.87. The van der Waals surface area contributed by atoms with E-state index in [1.54, 1.807) is 6.92 Å². The molecule has 0 radical (unpaired) electrons. The van der Waals surface area contributed by atoms with Crippen LogP contribution in [0.15, 0.2) is 24.3 Å². The predicted octanol–water partition coefficient (Wildman–Crippen LogP) is 2.03. The number of sulfonamides is 1. The van der Waals surface area contributed by atoms with Crippen molar-refractivity contribution in [2.45, 2.75) is 32.6 Å². The zero-order valence-electron chi connectivity index (χ0n) is 13.6. The monoisotopic (exact) mass is 336 g/mol. The molecule has 3 rings (SSSR count). The van der Waals surface area contributed by atoms with Crippen LogP contribution in [0.5, 0.6) is 0 Å². The summed E-state index contributed by atoms with van der Waals surface area (Å²) in [7, 11) is -3.22. The van der Waals surface area contributed by atoms with E-state index in [9.17, 15) is 13.2 Å². The largest absolute Gasteiger partial charge is 0.312 e. The molecule has 1 amide bonds. The summed E-state index contributed by atoms with van der Waals surface area (Å²) in [6.45, 7) is 3.25. The van der Waals surface area contributed by atoms with Crippen LogP contribution >= 0.6 is 0 Å². The summed E-state index contributed by atoms with van der Waals surface area (Å²) in [4.78, 5) is 14.8. The van der Waals surface area contributed by atoms with E-state index in [0.717, 1.165) is 37.9 Å². The summed E-state index contributed by atoms with van der Waals surface area (Å²) < 4.78 is 25.7. The molecule has 1 atom stereocenters. The topological polar surface area (TPSA) is 57.7 Å². The zero-order valence-corrected chi connectivity index (χ0v) is 14.4. The van der Waals surface area contributed by atoms with Gasteiger partial charge in [-0.1, -0.05) is 18.2 Å². The fourth-order valence-corrected chi connectivity index (χ4v) is 4.74. The first-order valence-corrected chi connectivity index (χ1v) is 10.0. The molecule has 6 heteroatoms. The molecule has 1 saturated heterocycles.